The largest absolute Gasteiger partial charge is 0.339 e. The van der Waals surface area contributed by atoms with E-state index in [2.05, 4.69) is 26.2 Å². The van der Waals surface area contributed by atoms with E-state index in [1.807, 2.05) is 64.9 Å². The Labute approximate surface area is 181 Å². The average Bonchev–Trinajstić information content (AvgIpc) is 3.23. The zero-order valence-corrected chi connectivity index (χ0v) is 18.1. The monoisotopic (exact) mass is 469 g/mol. The number of anilines is 1. The predicted molar refractivity (Wildman–Crippen MR) is 119 cm³/mol. The molecule has 1 aromatic heterocycles. The summed E-state index contributed by atoms with van der Waals surface area (Å²) in [4.78, 5) is 31.6. The van der Waals surface area contributed by atoms with Crippen LogP contribution in [0.15, 0.2) is 64.5 Å². The molecule has 5 nitrogen and oxygen atoms in total. The van der Waals surface area contributed by atoms with Gasteiger partial charge in [-0.3, -0.25) is 9.59 Å². The molecule has 2 heterocycles. The molecule has 2 aromatic carbocycles. The standard InChI is InChI=1S/C22H20BrN3O2S/c23-18-8-6-17(7-9-18)21(28)26-12-10-16(11-13-26)20(27)25-22-24-19(14-29-22)15-4-2-1-3-5-15/h1-9,14,16H,10-13H2,(H,24,25,27). The molecule has 7 heteroatoms. The number of piperidine rings is 1. The molecule has 0 aliphatic carbocycles. The van der Waals surface area contributed by atoms with Crippen LogP contribution in [0.3, 0.4) is 0 Å². The van der Waals surface area contributed by atoms with Crippen molar-refractivity contribution in [2.45, 2.75) is 12.8 Å². The SMILES string of the molecule is O=C(Nc1nc(-c2ccccc2)cs1)C1CCN(C(=O)c2ccc(Br)cc2)CC1. The fourth-order valence-corrected chi connectivity index (χ4v) is 4.39. The maximum atomic E-state index is 12.6. The molecule has 0 unspecified atom stereocenters. The number of rotatable bonds is 4. The molecule has 1 aliphatic rings. The lowest BCUT2D eigenvalue weighted by Crippen LogP contribution is -2.41. The van der Waals surface area contributed by atoms with Crippen LogP contribution in [-0.2, 0) is 4.79 Å². The van der Waals surface area contributed by atoms with Gasteiger partial charge in [0.25, 0.3) is 5.91 Å². The van der Waals surface area contributed by atoms with Gasteiger partial charge < -0.3 is 10.2 Å². The summed E-state index contributed by atoms with van der Waals surface area (Å²) in [6, 6.07) is 17.3. The van der Waals surface area contributed by atoms with E-state index < -0.39 is 0 Å². The Morgan fingerprint density at radius 2 is 1.72 bits per heavy atom. The second kappa shape index (κ2) is 8.88. The van der Waals surface area contributed by atoms with Gasteiger partial charge in [0, 0.05) is 40.0 Å². The van der Waals surface area contributed by atoms with Crippen molar-refractivity contribution in [3.8, 4) is 11.3 Å². The van der Waals surface area contributed by atoms with E-state index in [1.165, 1.54) is 11.3 Å². The second-order valence-corrected chi connectivity index (χ2v) is 8.74. The van der Waals surface area contributed by atoms with Crippen LogP contribution in [0.4, 0.5) is 5.13 Å². The number of likely N-dealkylation sites (tertiary alicyclic amines) is 1. The highest BCUT2D eigenvalue weighted by atomic mass is 79.9. The highest BCUT2D eigenvalue weighted by Crippen LogP contribution is 2.26. The van der Waals surface area contributed by atoms with Crippen LogP contribution in [0.25, 0.3) is 11.3 Å². The lowest BCUT2D eigenvalue weighted by molar-refractivity contribution is -0.121. The number of benzene rings is 2. The fourth-order valence-electron chi connectivity index (χ4n) is 3.40. The number of hydrogen-bond donors (Lipinski definition) is 1. The maximum absolute atomic E-state index is 12.6. The molecule has 0 radical (unpaired) electrons. The number of hydrogen-bond acceptors (Lipinski definition) is 4. The molecular formula is C22H20BrN3O2S. The van der Waals surface area contributed by atoms with Crippen molar-refractivity contribution in [1.82, 2.24) is 9.88 Å². The molecule has 1 N–H and O–H groups in total. The van der Waals surface area contributed by atoms with Gasteiger partial charge in [-0.25, -0.2) is 4.98 Å². The molecule has 1 aliphatic heterocycles. The molecule has 2 amide bonds. The molecule has 1 saturated heterocycles. The van der Waals surface area contributed by atoms with Crippen molar-refractivity contribution in [2.75, 3.05) is 18.4 Å². The van der Waals surface area contributed by atoms with Gasteiger partial charge in [-0.05, 0) is 37.1 Å². The number of aromatic nitrogens is 1. The van der Waals surface area contributed by atoms with Crippen LogP contribution in [0, 0.1) is 5.92 Å². The first kappa shape index (κ1) is 19.8. The number of nitrogens with one attached hydrogen (secondary N) is 1. The summed E-state index contributed by atoms with van der Waals surface area (Å²) in [5, 5.41) is 5.51. The molecule has 0 spiro atoms. The smallest absolute Gasteiger partial charge is 0.253 e. The van der Waals surface area contributed by atoms with Gasteiger partial charge in [0.2, 0.25) is 5.91 Å². The van der Waals surface area contributed by atoms with Crippen LogP contribution < -0.4 is 5.32 Å². The van der Waals surface area contributed by atoms with Crippen LogP contribution in [0.2, 0.25) is 0 Å². The Hall–Kier alpha value is -2.51. The van der Waals surface area contributed by atoms with Gasteiger partial charge >= 0.3 is 0 Å². The van der Waals surface area contributed by atoms with Gasteiger partial charge in [-0.1, -0.05) is 46.3 Å². The zero-order valence-electron chi connectivity index (χ0n) is 15.7. The van der Waals surface area contributed by atoms with Crippen molar-refractivity contribution in [1.29, 1.82) is 0 Å². The minimum Gasteiger partial charge on any atom is -0.339 e. The molecule has 0 atom stereocenters. The Morgan fingerprint density at radius 3 is 2.41 bits per heavy atom. The van der Waals surface area contributed by atoms with E-state index in [0.29, 0.717) is 36.6 Å². The summed E-state index contributed by atoms with van der Waals surface area (Å²) in [5.41, 5.74) is 2.57. The van der Waals surface area contributed by atoms with Gasteiger partial charge in [-0.2, -0.15) is 0 Å². The van der Waals surface area contributed by atoms with E-state index in [0.717, 1.165) is 15.7 Å². The summed E-state index contributed by atoms with van der Waals surface area (Å²) < 4.78 is 0.946. The van der Waals surface area contributed by atoms with Gasteiger partial charge in [-0.15, -0.1) is 11.3 Å². The predicted octanol–water partition coefficient (Wildman–Crippen LogP) is 5.06. The van der Waals surface area contributed by atoms with Crippen molar-refractivity contribution in [3.05, 3.63) is 70.0 Å². The first-order chi connectivity index (χ1) is 14.1. The summed E-state index contributed by atoms with van der Waals surface area (Å²) in [7, 11) is 0. The third kappa shape index (κ3) is 4.74. The van der Waals surface area contributed by atoms with Crippen molar-refractivity contribution >= 4 is 44.2 Å². The summed E-state index contributed by atoms with van der Waals surface area (Å²) in [6.07, 6.45) is 1.32. The Balaban J connectivity index is 1.32. The van der Waals surface area contributed by atoms with Crippen LogP contribution in [-0.4, -0.2) is 34.8 Å². The number of thiazole rings is 1. The maximum Gasteiger partial charge on any atom is 0.253 e. The second-order valence-electron chi connectivity index (χ2n) is 6.97. The topological polar surface area (TPSA) is 62.3 Å². The lowest BCUT2D eigenvalue weighted by atomic mass is 9.95. The van der Waals surface area contributed by atoms with Crippen LogP contribution in [0.5, 0.6) is 0 Å². The van der Waals surface area contributed by atoms with Crippen molar-refractivity contribution in [2.24, 2.45) is 5.92 Å². The van der Waals surface area contributed by atoms with E-state index >= 15 is 0 Å². The highest BCUT2D eigenvalue weighted by Gasteiger charge is 2.28. The van der Waals surface area contributed by atoms with Crippen LogP contribution >= 0.6 is 27.3 Å². The van der Waals surface area contributed by atoms with E-state index in [-0.39, 0.29) is 17.7 Å². The van der Waals surface area contributed by atoms with Gasteiger partial charge in [0.15, 0.2) is 5.13 Å². The highest BCUT2D eigenvalue weighted by molar-refractivity contribution is 9.10. The third-order valence-corrected chi connectivity index (χ3v) is 6.33. The molecule has 29 heavy (non-hydrogen) atoms. The number of carbonyl (C=O) groups is 2. The third-order valence-electron chi connectivity index (χ3n) is 5.05. The summed E-state index contributed by atoms with van der Waals surface area (Å²) in [5.74, 6) is -0.105. The lowest BCUT2D eigenvalue weighted by Gasteiger charge is -2.31. The molecule has 3 aromatic rings. The molecule has 148 valence electrons. The first-order valence-corrected chi connectivity index (χ1v) is 11.1. The number of halogens is 1. The Bertz CT molecular complexity index is 996. The summed E-state index contributed by atoms with van der Waals surface area (Å²) >= 11 is 4.81. The molecule has 4 rings (SSSR count). The van der Waals surface area contributed by atoms with Gasteiger partial charge in [0.1, 0.15) is 0 Å². The molecular weight excluding hydrogens is 450 g/mol. The molecule has 0 bridgehead atoms. The Kier molecular flexibility index (Phi) is 6.06. The minimum absolute atomic E-state index is 0.0174. The average molecular weight is 470 g/mol. The summed E-state index contributed by atoms with van der Waals surface area (Å²) in [6.45, 7) is 1.17. The fraction of sp³-hybridized carbons (Fsp3) is 0.227. The minimum atomic E-state index is -0.104. The molecule has 0 saturated carbocycles. The van der Waals surface area contributed by atoms with Crippen LogP contribution in [0.1, 0.15) is 23.2 Å². The number of nitrogens with zero attached hydrogens (tertiary/aromatic N) is 2. The van der Waals surface area contributed by atoms with Gasteiger partial charge in [0.05, 0.1) is 5.69 Å². The quantitative estimate of drug-likeness (QED) is 0.580. The number of amides is 2. The van der Waals surface area contributed by atoms with Crippen molar-refractivity contribution < 1.29 is 9.59 Å². The zero-order chi connectivity index (χ0) is 20.2. The number of carbonyl (C=O) groups excluding carboxylic acids is 2. The Morgan fingerprint density at radius 1 is 1.03 bits per heavy atom. The first-order valence-electron chi connectivity index (χ1n) is 9.47. The van der Waals surface area contributed by atoms with E-state index in [9.17, 15) is 9.59 Å². The van der Waals surface area contributed by atoms with Crippen molar-refractivity contribution in [3.63, 3.8) is 0 Å². The van der Waals surface area contributed by atoms with E-state index in [1.54, 1.807) is 0 Å². The molecule has 1 fully saturated rings. The van der Waals surface area contributed by atoms with E-state index in [4.69, 9.17) is 0 Å². The normalized spacial score (nSPS) is 14.6.